The Labute approximate surface area is 95.4 Å². The minimum absolute atomic E-state index is 0.728. The molecule has 2 atom stereocenters. The molecule has 1 aliphatic rings. The lowest BCUT2D eigenvalue weighted by atomic mass is 9.92. The van der Waals surface area contributed by atoms with Crippen molar-refractivity contribution in [2.45, 2.75) is 46.6 Å². The standard InChI is InChI=1S/C13H28N2/c1-5-12-7-13(14-8-11(3)4)10-15(6-2)9-12/h11-14H,5-10H2,1-4H3. The van der Waals surface area contributed by atoms with Crippen LogP contribution >= 0.6 is 0 Å². The number of likely N-dealkylation sites (N-methyl/N-ethyl adjacent to an activating group) is 1. The highest BCUT2D eigenvalue weighted by Crippen LogP contribution is 2.19. The molecule has 1 N–H and O–H groups in total. The molecule has 2 heteroatoms. The van der Waals surface area contributed by atoms with E-state index in [0.29, 0.717) is 0 Å². The normalized spacial score (nSPS) is 28.6. The third-order valence-corrected chi connectivity index (χ3v) is 3.45. The van der Waals surface area contributed by atoms with E-state index in [1.54, 1.807) is 0 Å². The van der Waals surface area contributed by atoms with Gasteiger partial charge < -0.3 is 10.2 Å². The zero-order chi connectivity index (χ0) is 11.3. The van der Waals surface area contributed by atoms with Gasteiger partial charge in [0.2, 0.25) is 0 Å². The van der Waals surface area contributed by atoms with Gasteiger partial charge in [0.1, 0.15) is 0 Å². The van der Waals surface area contributed by atoms with Crippen molar-refractivity contribution < 1.29 is 0 Å². The van der Waals surface area contributed by atoms with Crippen LogP contribution in [0.5, 0.6) is 0 Å². The van der Waals surface area contributed by atoms with Gasteiger partial charge in [0, 0.05) is 19.1 Å². The minimum atomic E-state index is 0.728. The van der Waals surface area contributed by atoms with E-state index in [9.17, 15) is 0 Å². The van der Waals surface area contributed by atoms with Crippen LogP contribution in [0.2, 0.25) is 0 Å². The highest BCUT2D eigenvalue weighted by Gasteiger charge is 2.24. The van der Waals surface area contributed by atoms with Gasteiger partial charge >= 0.3 is 0 Å². The highest BCUT2D eigenvalue weighted by molar-refractivity contribution is 4.82. The van der Waals surface area contributed by atoms with Crippen molar-refractivity contribution in [2.75, 3.05) is 26.2 Å². The maximum atomic E-state index is 3.71. The number of piperidine rings is 1. The Hall–Kier alpha value is -0.0800. The summed E-state index contributed by atoms with van der Waals surface area (Å²) in [6, 6.07) is 0.728. The zero-order valence-electron chi connectivity index (χ0n) is 10.9. The van der Waals surface area contributed by atoms with Crippen LogP contribution < -0.4 is 5.32 Å². The molecule has 0 aliphatic carbocycles. The Morgan fingerprint density at radius 3 is 2.53 bits per heavy atom. The molecule has 0 spiro atoms. The van der Waals surface area contributed by atoms with Crippen LogP contribution in [-0.4, -0.2) is 37.1 Å². The molecule has 1 rings (SSSR count). The van der Waals surface area contributed by atoms with E-state index in [-0.39, 0.29) is 0 Å². The third-order valence-electron chi connectivity index (χ3n) is 3.45. The fourth-order valence-corrected chi connectivity index (χ4v) is 2.41. The van der Waals surface area contributed by atoms with Crippen LogP contribution in [0.1, 0.15) is 40.5 Å². The van der Waals surface area contributed by atoms with Crippen molar-refractivity contribution >= 4 is 0 Å². The molecular formula is C13H28N2. The van der Waals surface area contributed by atoms with Crippen molar-refractivity contribution in [3.8, 4) is 0 Å². The van der Waals surface area contributed by atoms with E-state index in [1.165, 1.54) is 39.0 Å². The summed E-state index contributed by atoms with van der Waals surface area (Å²) in [6.45, 7) is 14.1. The first-order valence-electron chi connectivity index (χ1n) is 6.61. The molecule has 0 aromatic rings. The van der Waals surface area contributed by atoms with Gasteiger partial charge in [-0.3, -0.25) is 0 Å². The summed E-state index contributed by atoms with van der Waals surface area (Å²) >= 11 is 0. The number of likely N-dealkylation sites (tertiary alicyclic amines) is 1. The predicted molar refractivity (Wildman–Crippen MR) is 67.1 cm³/mol. The quantitative estimate of drug-likeness (QED) is 0.752. The Morgan fingerprint density at radius 2 is 2.00 bits per heavy atom. The molecule has 1 aliphatic heterocycles. The summed E-state index contributed by atoms with van der Waals surface area (Å²) in [6.07, 6.45) is 2.70. The average molecular weight is 212 g/mol. The van der Waals surface area contributed by atoms with E-state index >= 15 is 0 Å². The van der Waals surface area contributed by atoms with Gasteiger partial charge in [-0.1, -0.05) is 34.1 Å². The Balaban J connectivity index is 2.35. The topological polar surface area (TPSA) is 15.3 Å². The van der Waals surface area contributed by atoms with Crippen molar-refractivity contribution in [1.82, 2.24) is 10.2 Å². The molecule has 1 saturated heterocycles. The molecule has 90 valence electrons. The van der Waals surface area contributed by atoms with E-state index < -0.39 is 0 Å². The maximum Gasteiger partial charge on any atom is 0.0198 e. The fourth-order valence-electron chi connectivity index (χ4n) is 2.41. The van der Waals surface area contributed by atoms with Gasteiger partial charge in [0.05, 0.1) is 0 Å². The molecule has 0 bridgehead atoms. The minimum Gasteiger partial charge on any atom is -0.312 e. The Bertz CT molecular complexity index is 156. The van der Waals surface area contributed by atoms with E-state index in [0.717, 1.165) is 17.9 Å². The van der Waals surface area contributed by atoms with Gasteiger partial charge in [-0.05, 0) is 31.3 Å². The lowest BCUT2D eigenvalue weighted by molar-refractivity contribution is 0.143. The summed E-state index contributed by atoms with van der Waals surface area (Å²) in [5, 5.41) is 3.71. The van der Waals surface area contributed by atoms with Gasteiger partial charge in [-0.2, -0.15) is 0 Å². The molecule has 0 saturated carbocycles. The maximum absolute atomic E-state index is 3.71. The number of rotatable bonds is 5. The van der Waals surface area contributed by atoms with Gasteiger partial charge in [-0.25, -0.2) is 0 Å². The molecule has 1 fully saturated rings. The van der Waals surface area contributed by atoms with E-state index in [4.69, 9.17) is 0 Å². The molecule has 0 radical (unpaired) electrons. The summed E-state index contributed by atoms with van der Waals surface area (Å²) < 4.78 is 0. The first-order valence-corrected chi connectivity index (χ1v) is 6.61. The van der Waals surface area contributed by atoms with Crippen LogP contribution in [0.3, 0.4) is 0 Å². The highest BCUT2D eigenvalue weighted by atomic mass is 15.2. The Kier molecular flexibility index (Phi) is 5.62. The molecular weight excluding hydrogens is 184 g/mol. The summed E-state index contributed by atoms with van der Waals surface area (Å²) in [4.78, 5) is 2.59. The molecule has 2 unspecified atom stereocenters. The van der Waals surface area contributed by atoms with Gasteiger partial charge in [0.25, 0.3) is 0 Å². The van der Waals surface area contributed by atoms with Crippen molar-refractivity contribution in [1.29, 1.82) is 0 Å². The molecule has 2 nitrogen and oxygen atoms in total. The summed E-state index contributed by atoms with van der Waals surface area (Å²) in [7, 11) is 0. The van der Waals surface area contributed by atoms with Crippen molar-refractivity contribution in [2.24, 2.45) is 11.8 Å². The second-order valence-corrected chi connectivity index (χ2v) is 5.36. The lowest BCUT2D eigenvalue weighted by Gasteiger charge is -2.37. The SMILES string of the molecule is CCC1CC(NCC(C)C)CN(CC)C1. The number of hydrogen-bond donors (Lipinski definition) is 1. The Morgan fingerprint density at radius 1 is 1.27 bits per heavy atom. The molecule has 0 aromatic heterocycles. The van der Waals surface area contributed by atoms with Crippen LogP contribution in [0, 0.1) is 11.8 Å². The van der Waals surface area contributed by atoms with Crippen molar-refractivity contribution in [3.63, 3.8) is 0 Å². The number of hydrogen-bond acceptors (Lipinski definition) is 2. The lowest BCUT2D eigenvalue weighted by Crippen LogP contribution is -2.49. The third kappa shape index (κ3) is 4.52. The average Bonchev–Trinajstić information content (AvgIpc) is 2.25. The van der Waals surface area contributed by atoms with Crippen LogP contribution in [0.15, 0.2) is 0 Å². The predicted octanol–water partition coefficient (Wildman–Crippen LogP) is 2.35. The fraction of sp³-hybridized carbons (Fsp3) is 1.00. The first-order chi connectivity index (χ1) is 7.15. The molecule has 0 amide bonds. The molecule has 1 heterocycles. The zero-order valence-corrected chi connectivity index (χ0v) is 10.9. The van der Waals surface area contributed by atoms with Crippen molar-refractivity contribution in [3.05, 3.63) is 0 Å². The van der Waals surface area contributed by atoms with Crippen LogP contribution in [0.25, 0.3) is 0 Å². The van der Waals surface area contributed by atoms with Crippen LogP contribution in [-0.2, 0) is 0 Å². The largest absolute Gasteiger partial charge is 0.312 e. The second kappa shape index (κ2) is 6.49. The van der Waals surface area contributed by atoms with E-state index in [2.05, 4.69) is 37.9 Å². The van der Waals surface area contributed by atoms with Gasteiger partial charge in [-0.15, -0.1) is 0 Å². The summed E-state index contributed by atoms with van der Waals surface area (Å²) in [5.41, 5.74) is 0. The molecule has 0 aromatic carbocycles. The number of nitrogens with zero attached hydrogens (tertiary/aromatic N) is 1. The van der Waals surface area contributed by atoms with Gasteiger partial charge in [0.15, 0.2) is 0 Å². The molecule has 15 heavy (non-hydrogen) atoms. The first kappa shape index (κ1) is 13.0. The van der Waals surface area contributed by atoms with E-state index in [1.807, 2.05) is 0 Å². The summed E-state index contributed by atoms with van der Waals surface area (Å²) in [5.74, 6) is 1.67. The smallest absolute Gasteiger partial charge is 0.0198 e. The monoisotopic (exact) mass is 212 g/mol. The van der Waals surface area contributed by atoms with Crippen LogP contribution in [0.4, 0.5) is 0 Å². The second-order valence-electron chi connectivity index (χ2n) is 5.36. The number of nitrogens with one attached hydrogen (secondary N) is 1.